The molecule has 0 aromatic carbocycles. The quantitative estimate of drug-likeness (QED) is 0.803. The molecular formula is C14H25NO4. The smallest absolute Gasteiger partial charge is 0.231 e. The van der Waals surface area contributed by atoms with E-state index >= 15 is 0 Å². The number of rotatable bonds is 5. The van der Waals surface area contributed by atoms with E-state index in [0.717, 1.165) is 19.3 Å². The monoisotopic (exact) mass is 271 g/mol. The number of aliphatic hydroxyl groups excluding tert-OH is 1. The number of nitrogens with zero attached hydrogens (tertiary/aromatic N) is 1. The van der Waals surface area contributed by atoms with Crippen molar-refractivity contribution < 1.29 is 19.4 Å². The van der Waals surface area contributed by atoms with Crippen LogP contribution in [-0.4, -0.2) is 61.0 Å². The number of hydrogen-bond donors (Lipinski definition) is 1. The fraction of sp³-hybridized carbons (Fsp3) is 0.929. The average Bonchev–Trinajstić information content (AvgIpc) is 2.64. The predicted molar refractivity (Wildman–Crippen MR) is 70.8 cm³/mol. The fourth-order valence-electron chi connectivity index (χ4n) is 3.04. The number of ether oxygens (including phenoxy) is 2. The minimum atomic E-state index is -0.578. The second-order valence-electron chi connectivity index (χ2n) is 6.07. The summed E-state index contributed by atoms with van der Waals surface area (Å²) in [6.07, 6.45) is 2.09. The van der Waals surface area contributed by atoms with Crippen molar-refractivity contribution in [2.75, 3.05) is 26.8 Å². The molecule has 0 aromatic heterocycles. The van der Waals surface area contributed by atoms with Gasteiger partial charge in [0.25, 0.3) is 0 Å². The highest BCUT2D eigenvalue weighted by Crippen LogP contribution is 2.43. The zero-order valence-electron chi connectivity index (χ0n) is 12.1. The van der Waals surface area contributed by atoms with Gasteiger partial charge in [0, 0.05) is 20.2 Å². The van der Waals surface area contributed by atoms with Crippen molar-refractivity contribution in [3.63, 3.8) is 0 Å². The van der Waals surface area contributed by atoms with Crippen LogP contribution in [0.15, 0.2) is 0 Å². The molecule has 1 amide bonds. The van der Waals surface area contributed by atoms with Crippen LogP contribution < -0.4 is 0 Å². The van der Waals surface area contributed by atoms with Crippen LogP contribution in [-0.2, 0) is 14.3 Å². The SMILES string of the molecule is COCC1(C(=O)N2C[C@@H](O)[C@H](OC(C)C)C2)CCC1. The lowest BCUT2D eigenvalue weighted by Gasteiger charge is -2.42. The molecule has 1 N–H and O–H groups in total. The average molecular weight is 271 g/mol. The Labute approximate surface area is 114 Å². The van der Waals surface area contributed by atoms with E-state index in [1.807, 2.05) is 13.8 Å². The van der Waals surface area contributed by atoms with Crippen LogP contribution in [0.3, 0.4) is 0 Å². The molecule has 0 unspecified atom stereocenters. The Hall–Kier alpha value is -0.650. The van der Waals surface area contributed by atoms with E-state index in [0.29, 0.717) is 19.7 Å². The molecule has 1 aliphatic heterocycles. The van der Waals surface area contributed by atoms with Crippen LogP contribution in [0, 0.1) is 5.41 Å². The Morgan fingerprint density at radius 2 is 2.11 bits per heavy atom. The molecule has 1 saturated carbocycles. The van der Waals surface area contributed by atoms with Crippen LogP contribution in [0.5, 0.6) is 0 Å². The summed E-state index contributed by atoms with van der Waals surface area (Å²) in [5, 5.41) is 9.99. The summed E-state index contributed by atoms with van der Waals surface area (Å²) in [6.45, 7) is 5.23. The lowest BCUT2D eigenvalue weighted by atomic mass is 9.68. The van der Waals surface area contributed by atoms with E-state index in [9.17, 15) is 9.90 Å². The predicted octanol–water partition coefficient (Wildman–Crippen LogP) is 0.800. The van der Waals surface area contributed by atoms with Gasteiger partial charge in [-0.1, -0.05) is 6.42 Å². The molecule has 1 saturated heterocycles. The molecule has 2 fully saturated rings. The maximum Gasteiger partial charge on any atom is 0.231 e. The number of amides is 1. The van der Waals surface area contributed by atoms with Crippen LogP contribution in [0.25, 0.3) is 0 Å². The first-order chi connectivity index (χ1) is 8.98. The number of aliphatic hydroxyl groups is 1. The Bertz CT molecular complexity index is 327. The highest BCUT2D eigenvalue weighted by molar-refractivity contribution is 5.84. The number of likely N-dealkylation sites (tertiary alicyclic amines) is 1. The Morgan fingerprint density at radius 3 is 2.58 bits per heavy atom. The van der Waals surface area contributed by atoms with Gasteiger partial charge < -0.3 is 19.5 Å². The van der Waals surface area contributed by atoms with Crippen molar-refractivity contribution in [2.45, 2.75) is 51.4 Å². The highest BCUT2D eigenvalue weighted by Gasteiger charge is 2.49. The van der Waals surface area contributed by atoms with E-state index < -0.39 is 6.10 Å². The molecule has 19 heavy (non-hydrogen) atoms. The summed E-state index contributed by atoms with van der Waals surface area (Å²) in [7, 11) is 1.64. The van der Waals surface area contributed by atoms with E-state index in [1.165, 1.54) is 0 Å². The fourth-order valence-corrected chi connectivity index (χ4v) is 3.04. The second-order valence-corrected chi connectivity index (χ2v) is 6.07. The normalized spacial score (nSPS) is 29.6. The Morgan fingerprint density at radius 1 is 1.42 bits per heavy atom. The largest absolute Gasteiger partial charge is 0.388 e. The maximum absolute atomic E-state index is 12.6. The molecule has 110 valence electrons. The van der Waals surface area contributed by atoms with Gasteiger partial charge in [-0.2, -0.15) is 0 Å². The minimum absolute atomic E-state index is 0.0614. The van der Waals surface area contributed by atoms with Gasteiger partial charge >= 0.3 is 0 Å². The van der Waals surface area contributed by atoms with E-state index in [-0.39, 0.29) is 23.5 Å². The summed E-state index contributed by atoms with van der Waals surface area (Å²) in [5.41, 5.74) is -0.346. The van der Waals surface area contributed by atoms with Gasteiger partial charge in [0.2, 0.25) is 5.91 Å². The second kappa shape index (κ2) is 5.77. The molecular weight excluding hydrogens is 246 g/mol. The third-order valence-electron chi connectivity index (χ3n) is 4.16. The van der Waals surface area contributed by atoms with Crippen molar-refractivity contribution in [1.82, 2.24) is 4.90 Å². The van der Waals surface area contributed by atoms with Crippen molar-refractivity contribution in [2.24, 2.45) is 5.41 Å². The van der Waals surface area contributed by atoms with Gasteiger partial charge in [0.15, 0.2) is 0 Å². The van der Waals surface area contributed by atoms with E-state index in [1.54, 1.807) is 12.0 Å². The molecule has 2 atom stereocenters. The maximum atomic E-state index is 12.6. The summed E-state index contributed by atoms with van der Waals surface area (Å²) in [5.74, 6) is 0.120. The zero-order chi connectivity index (χ0) is 14.0. The van der Waals surface area contributed by atoms with Crippen LogP contribution in [0.2, 0.25) is 0 Å². The van der Waals surface area contributed by atoms with Crippen LogP contribution in [0.1, 0.15) is 33.1 Å². The lowest BCUT2D eigenvalue weighted by molar-refractivity contribution is -0.151. The third kappa shape index (κ3) is 2.93. The number of β-amino-alcohol motifs (C(OH)–C–C–N with tert-alkyl or cyclic N) is 1. The molecule has 2 aliphatic rings. The van der Waals surface area contributed by atoms with Gasteiger partial charge in [-0.25, -0.2) is 0 Å². The van der Waals surface area contributed by atoms with Crippen molar-refractivity contribution >= 4 is 5.91 Å². The molecule has 1 aliphatic carbocycles. The van der Waals surface area contributed by atoms with Crippen molar-refractivity contribution in [1.29, 1.82) is 0 Å². The molecule has 2 rings (SSSR count). The topological polar surface area (TPSA) is 59.0 Å². The Balaban J connectivity index is 1.97. The lowest BCUT2D eigenvalue weighted by Crippen LogP contribution is -2.50. The molecule has 0 spiro atoms. The number of hydrogen-bond acceptors (Lipinski definition) is 4. The molecule has 1 heterocycles. The van der Waals surface area contributed by atoms with E-state index in [4.69, 9.17) is 9.47 Å². The zero-order valence-corrected chi connectivity index (χ0v) is 12.1. The summed E-state index contributed by atoms with van der Waals surface area (Å²) in [4.78, 5) is 14.3. The highest BCUT2D eigenvalue weighted by atomic mass is 16.5. The summed E-state index contributed by atoms with van der Waals surface area (Å²) < 4.78 is 10.9. The molecule has 0 radical (unpaired) electrons. The first-order valence-electron chi connectivity index (χ1n) is 7.10. The van der Waals surface area contributed by atoms with Gasteiger partial charge in [0.05, 0.1) is 24.2 Å². The Kier molecular flexibility index (Phi) is 4.48. The molecule has 5 nitrogen and oxygen atoms in total. The first kappa shape index (κ1) is 14.8. The molecule has 0 aromatic rings. The van der Waals surface area contributed by atoms with Crippen molar-refractivity contribution in [3.8, 4) is 0 Å². The van der Waals surface area contributed by atoms with Crippen LogP contribution in [0.4, 0.5) is 0 Å². The minimum Gasteiger partial charge on any atom is -0.388 e. The first-order valence-corrected chi connectivity index (χ1v) is 7.10. The van der Waals surface area contributed by atoms with Gasteiger partial charge in [-0.05, 0) is 26.7 Å². The van der Waals surface area contributed by atoms with Crippen molar-refractivity contribution in [3.05, 3.63) is 0 Å². The van der Waals surface area contributed by atoms with E-state index in [2.05, 4.69) is 0 Å². The number of carbonyl (C=O) groups excluding carboxylic acids is 1. The number of carbonyl (C=O) groups is 1. The van der Waals surface area contributed by atoms with Gasteiger partial charge in [0.1, 0.15) is 6.10 Å². The molecule has 5 heteroatoms. The summed E-state index contributed by atoms with van der Waals surface area (Å²) >= 11 is 0. The number of methoxy groups -OCH3 is 1. The third-order valence-corrected chi connectivity index (χ3v) is 4.16. The van der Waals surface area contributed by atoms with Crippen LogP contribution >= 0.6 is 0 Å². The summed E-state index contributed by atoms with van der Waals surface area (Å²) in [6, 6.07) is 0. The van der Waals surface area contributed by atoms with Gasteiger partial charge in [-0.15, -0.1) is 0 Å². The standard InChI is InChI=1S/C14H25NO4/c1-10(2)19-12-8-15(7-11(12)16)13(17)14(9-18-3)5-4-6-14/h10-12,16H,4-9H2,1-3H3/t11-,12-/m1/s1. The molecule has 0 bridgehead atoms. The van der Waals surface area contributed by atoms with Gasteiger partial charge in [-0.3, -0.25) is 4.79 Å².